The molecule has 1 heterocycles. The summed E-state index contributed by atoms with van der Waals surface area (Å²) in [6.45, 7) is 6.67. The molecule has 3 heteroatoms. The zero-order chi connectivity index (χ0) is 14.7. The summed E-state index contributed by atoms with van der Waals surface area (Å²) in [6, 6.07) is 6.63. The van der Waals surface area contributed by atoms with Crippen molar-refractivity contribution in [1.82, 2.24) is 10.2 Å². The highest BCUT2D eigenvalue weighted by Gasteiger charge is 2.39. The lowest BCUT2D eigenvalue weighted by Gasteiger charge is -2.50. The zero-order valence-corrected chi connectivity index (χ0v) is 13.5. The highest BCUT2D eigenvalue weighted by atomic mass is 16.5. The first kappa shape index (κ1) is 14.9. The lowest BCUT2D eigenvalue weighted by molar-refractivity contribution is 0.0208. The van der Waals surface area contributed by atoms with Gasteiger partial charge in [0.2, 0.25) is 0 Å². The van der Waals surface area contributed by atoms with Crippen LogP contribution in [-0.2, 0) is 6.54 Å². The maximum atomic E-state index is 5.38. The predicted octanol–water partition coefficient (Wildman–Crippen LogP) is 3.11. The Morgan fingerprint density at radius 2 is 2.05 bits per heavy atom. The first-order valence-corrected chi connectivity index (χ1v) is 8.33. The molecule has 1 aliphatic heterocycles. The van der Waals surface area contributed by atoms with E-state index < -0.39 is 0 Å². The normalized spacial score (nSPS) is 22.4. The number of rotatable bonds is 3. The Labute approximate surface area is 128 Å². The monoisotopic (exact) mass is 288 g/mol. The van der Waals surface area contributed by atoms with Crippen molar-refractivity contribution in [3.63, 3.8) is 0 Å². The molecule has 0 atom stereocenters. The maximum absolute atomic E-state index is 5.38. The van der Waals surface area contributed by atoms with Crippen LogP contribution in [0.25, 0.3) is 0 Å². The highest BCUT2D eigenvalue weighted by Crippen LogP contribution is 2.35. The van der Waals surface area contributed by atoms with Crippen molar-refractivity contribution in [3.8, 4) is 5.75 Å². The number of benzene rings is 1. The Morgan fingerprint density at radius 3 is 2.76 bits per heavy atom. The maximum Gasteiger partial charge on any atom is 0.121 e. The lowest BCUT2D eigenvalue weighted by atomic mass is 9.79. The van der Waals surface area contributed by atoms with Crippen molar-refractivity contribution in [2.75, 3.05) is 26.7 Å². The first-order valence-electron chi connectivity index (χ1n) is 8.33. The second-order valence-electron chi connectivity index (χ2n) is 6.69. The van der Waals surface area contributed by atoms with Crippen LogP contribution in [0.5, 0.6) is 5.75 Å². The largest absolute Gasteiger partial charge is 0.496 e. The van der Waals surface area contributed by atoms with Gasteiger partial charge in [0.25, 0.3) is 0 Å². The van der Waals surface area contributed by atoms with E-state index in [0.29, 0.717) is 5.54 Å². The molecule has 1 saturated heterocycles. The van der Waals surface area contributed by atoms with E-state index in [9.17, 15) is 0 Å². The van der Waals surface area contributed by atoms with Gasteiger partial charge in [-0.1, -0.05) is 31.4 Å². The van der Waals surface area contributed by atoms with E-state index in [1.807, 2.05) is 0 Å². The Kier molecular flexibility index (Phi) is 4.51. The van der Waals surface area contributed by atoms with Crippen LogP contribution in [0.1, 0.15) is 43.2 Å². The van der Waals surface area contributed by atoms with E-state index in [4.69, 9.17) is 4.74 Å². The molecule has 0 aromatic heterocycles. The molecule has 0 bridgehead atoms. The number of nitrogens with zero attached hydrogens (tertiary/aromatic N) is 1. The molecule has 3 rings (SSSR count). The standard InChI is InChI=1S/C18H28N2O/c1-15-12-16(6-7-17(15)21-2)13-20-11-10-19-14-18(20)8-4-3-5-9-18/h6-7,12,19H,3-5,8-11,13-14H2,1-2H3. The molecule has 3 nitrogen and oxygen atoms in total. The zero-order valence-electron chi connectivity index (χ0n) is 13.5. The fourth-order valence-electron chi connectivity index (χ4n) is 4.09. The van der Waals surface area contributed by atoms with E-state index in [1.165, 1.54) is 56.3 Å². The summed E-state index contributed by atoms with van der Waals surface area (Å²) in [7, 11) is 1.75. The Bertz CT molecular complexity index is 472. The van der Waals surface area contributed by atoms with Gasteiger partial charge in [0.1, 0.15) is 5.75 Å². The number of piperazine rings is 1. The molecule has 1 spiro atoms. The number of ether oxygens (including phenoxy) is 1. The molecule has 1 aliphatic carbocycles. The van der Waals surface area contributed by atoms with Crippen LogP contribution in [0.3, 0.4) is 0 Å². The molecule has 2 fully saturated rings. The molecule has 2 aliphatic rings. The Morgan fingerprint density at radius 1 is 1.24 bits per heavy atom. The van der Waals surface area contributed by atoms with Crippen LogP contribution in [-0.4, -0.2) is 37.2 Å². The van der Waals surface area contributed by atoms with Crippen LogP contribution in [0.15, 0.2) is 18.2 Å². The number of hydrogen-bond donors (Lipinski definition) is 1. The van der Waals surface area contributed by atoms with Gasteiger partial charge in [-0.15, -0.1) is 0 Å². The minimum atomic E-state index is 0.407. The van der Waals surface area contributed by atoms with Gasteiger partial charge >= 0.3 is 0 Å². The number of aryl methyl sites for hydroxylation is 1. The number of methoxy groups -OCH3 is 1. The second-order valence-corrected chi connectivity index (χ2v) is 6.69. The average Bonchev–Trinajstić information content (AvgIpc) is 2.51. The van der Waals surface area contributed by atoms with Crippen molar-refractivity contribution in [2.45, 2.75) is 51.1 Å². The third kappa shape index (κ3) is 3.09. The summed E-state index contributed by atoms with van der Waals surface area (Å²) < 4.78 is 5.38. The second kappa shape index (κ2) is 6.37. The molecular formula is C18H28N2O. The predicted molar refractivity (Wildman–Crippen MR) is 86.8 cm³/mol. The molecule has 1 aromatic rings. The number of hydrogen-bond acceptors (Lipinski definition) is 3. The summed E-state index contributed by atoms with van der Waals surface area (Å²) in [4.78, 5) is 2.74. The van der Waals surface area contributed by atoms with Gasteiger partial charge in [-0.3, -0.25) is 4.90 Å². The Hall–Kier alpha value is -1.06. The van der Waals surface area contributed by atoms with Gasteiger partial charge in [-0.05, 0) is 37.0 Å². The van der Waals surface area contributed by atoms with Crippen molar-refractivity contribution in [1.29, 1.82) is 0 Å². The summed E-state index contributed by atoms with van der Waals surface area (Å²) in [5.74, 6) is 0.992. The van der Waals surface area contributed by atoms with Gasteiger partial charge in [0, 0.05) is 31.7 Å². The minimum absolute atomic E-state index is 0.407. The minimum Gasteiger partial charge on any atom is -0.496 e. The fraction of sp³-hybridized carbons (Fsp3) is 0.667. The van der Waals surface area contributed by atoms with E-state index in [-0.39, 0.29) is 0 Å². The topological polar surface area (TPSA) is 24.5 Å². The quantitative estimate of drug-likeness (QED) is 0.925. The van der Waals surface area contributed by atoms with Crippen LogP contribution in [0.2, 0.25) is 0 Å². The van der Waals surface area contributed by atoms with Gasteiger partial charge in [0.05, 0.1) is 7.11 Å². The van der Waals surface area contributed by atoms with Crippen molar-refractivity contribution >= 4 is 0 Å². The van der Waals surface area contributed by atoms with E-state index in [2.05, 4.69) is 35.3 Å². The molecule has 116 valence electrons. The van der Waals surface area contributed by atoms with Crippen molar-refractivity contribution in [2.24, 2.45) is 0 Å². The van der Waals surface area contributed by atoms with Gasteiger partial charge in [-0.25, -0.2) is 0 Å². The smallest absolute Gasteiger partial charge is 0.121 e. The summed E-state index contributed by atoms with van der Waals surface area (Å²) >= 11 is 0. The third-order valence-corrected chi connectivity index (χ3v) is 5.30. The molecule has 1 aromatic carbocycles. The van der Waals surface area contributed by atoms with E-state index in [1.54, 1.807) is 7.11 Å². The van der Waals surface area contributed by atoms with Crippen LogP contribution in [0, 0.1) is 6.92 Å². The van der Waals surface area contributed by atoms with Crippen LogP contribution >= 0.6 is 0 Å². The SMILES string of the molecule is COc1ccc(CN2CCNCC23CCCCC3)cc1C. The molecule has 0 radical (unpaired) electrons. The molecule has 1 saturated carbocycles. The fourth-order valence-corrected chi connectivity index (χ4v) is 4.09. The molecule has 21 heavy (non-hydrogen) atoms. The number of nitrogens with one attached hydrogen (secondary N) is 1. The van der Waals surface area contributed by atoms with Crippen LogP contribution in [0.4, 0.5) is 0 Å². The highest BCUT2D eigenvalue weighted by molar-refractivity contribution is 5.36. The average molecular weight is 288 g/mol. The van der Waals surface area contributed by atoms with E-state index in [0.717, 1.165) is 18.8 Å². The third-order valence-electron chi connectivity index (χ3n) is 5.30. The Balaban J connectivity index is 1.76. The molecule has 1 N–H and O–H groups in total. The van der Waals surface area contributed by atoms with Crippen LogP contribution < -0.4 is 10.1 Å². The molecule has 0 amide bonds. The van der Waals surface area contributed by atoms with Crippen molar-refractivity contribution in [3.05, 3.63) is 29.3 Å². The van der Waals surface area contributed by atoms with Gasteiger partial charge in [0.15, 0.2) is 0 Å². The summed E-state index contributed by atoms with van der Waals surface area (Å²) in [6.07, 6.45) is 6.90. The molecule has 0 unspecified atom stereocenters. The van der Waals surface area contributed by atoms with Gasteiger partial charge < -0.3 is 10.1 Å². The van der Waals surface area contributed by atoms with Gasteiger partial charge in [-0.2, -0.15) is 0 Å². The molecular weight excluding hydrogens is 260 g/mol. The summed E-state index contributed by atoms with van der Waals surface area (Å²) in [5.41, 5.74) is 3.06. The first-order chi connectivity index (χ1) is 10.2. The summed E-state index contributed by atoms with van der Waals surface area (Å²) in [5, 5.41) is 3.63. The van der Waals surface area contributed by atoms with E-state index >= 15 is 0 Å². The van der Waals surface area contributed by atoms with Crippen molar-refractivity contribution < 1.29 is 4.74 Å². The lowest BCUT2D eigenvalue weighted by Crippen LogP contribution is -2.61.